The molecule has 5 heterocycles. The van der Waals surface area contributed by atoms with E-state index in [0.29, 0.717) is 46.2 Å². The predicted octanol–water partition coefficient (Wildman–Crippen LogP) is 3.63. The van der Waals surface area contributed by atoms with Gasteiger partial charge in [0.05, 0.1) is 37.8 Å². The molecule has 178 valence electrons. The summed E-state index contributed by atoms with van der Waals surface area (Å²) in [4.78, 5) is 28.2. The molecule has 0 saturated carbocycles. The van der Waals surface area contributed by atoms with E-state index in [-0.39, 0.29) is 16.6 Å². The second-order valence-electron chi connectivity index (χ2n) is 8.31. The zero-order valence-electron chi connectivity index (χ0n) is 18.5. The number of anilines is 1. The molecule has 0 amide bonds. The molecule has 1 aromatic carbocycles. The first-order chi connectivity index (χ1) is 16.9. The molecule has 1 aliphatic rings. The van der Waals surface area contributed by atoms with Crippen molar-refractivity contribution in [1.29, 1.82) is 0 Å². The number of nitrogens with one attached hydrogen (secondary N) is 1. The number of nitrogens with zero attached hydrogens (tertiary/aromatic N) is 6. The van der Waals surface area contributed by atoms with Crippen molar-refractivity contribution >= 4 is 44.8 Å². The summed E-state index contributed by atoms with van der Waals surface area (Å²) < 4.78 is 29.5. The van der Waals surface area contributed by atoms with Gasteiger partial charge < -0.3 is 9.88 Å². The van der Waals surface area contributed by atoms with Crippen LogP contribution in [0.5, 0.6) is 0 Å². The number of hydrogen-bond donors (Lipinski definition) is 1. The van der Waals surface area contributed by atoms with Gasteiger partial charge in [-0.1, -0.05) is 17.7 Å². The summed E-state index contributed by atoms with van der Waals surface area (Å²) in [6.45, 7) is 0.640. The van der Waals surface area contributed by atoms with Gasteiger partial charge in [0.2, 0.25) is 0 Å². The van der Waals surface area contributed by atoms with Crippen LogP contribution in [-0.2, 0) is 10.8 Å². The fourth-order valence-electron chi connectivity index (χ4n) is 4.78. The van der Waals surface area contributed by atoms with Crippen LogP contribution in [0.1, 0.15) is 24.7 Å². The van der Waals surface area contributed by atoms with Gasteiger partial charge in [-0.05, 0) is 37.1 Å². The van der Waals surface area contributed by atoms with Crippen LogP contribution < -0.4 is 10.5 Å². The summed E-state index contributed by atoms with van der Waals surface area (Å²) in [5, 5.41) is 5.70. The lowest BCUT2D eigenvalue weighted by molar-refractivity contribution is 0.596. The molecule has 1 fully saturated rings. The molecule has 0 spiro atoms. The third kappa shape index (κ3) is 3.45. The van der Waals surface area contributed by atoms with Crippen LogP contribution in [0, 0.1) is 5.82 Å². The summed E-state index contributed by atoms with van der Waals surface area (Å²) in [6.07, 6.45) is 7.86. The number of halogens is 2. The molecule has 5 aromatic rings. The quantitative estimate of drug-likeness (QED) is 0.395. The van der Waals surface area contributed by atoms with Gasteiger partial charge in [-0.15, -0.1) is 0 Å². The molecule has 4 aromatic heterocycles. The van der Waals surface area contributed by atoms with Gasteiger partial charge in [-0.25, -0.2) is 18.9 Å². The van der Waals surface area contributed by atoms with Crippen molar-refractivity contribution in [2.45, 2.75) is 23.8 Å². The van der Waals surface area contributed by atoms with Gasteiger partial charge in [-0.2, -0.15) is 5.10 Å². The Bertz CT molecular complexity index is 1690. The maximum Gasteiger partial charge on any atom is 0.284 e. The largest absolute Gasteiger partial charge is 0.346 e. The summed E-state index contributed by atoms with van der Waals surface area (Å²) in [5.41, 5.74) is 0.748. The SMILES string of the molecule is CS(=O)c1c[nH]c2ncnc(N3CCCC3c3nn4ccc(Cl)c4c(=O)n3-c3cccc(F)c3)c12. The molecule has 6 rings (SSSR count). The minimum Gasteiger partial charge on any atom is -0.346 e. The van der Waals surface area contributed by atoms with E-state index in [2.05, 4.69) is 15.0 Å². The van der Waals surface area contributed by atoms with Gasteiger partial charge in [0.1, 0.15) is 29.1 Å². The van der Waals surface area contributed by atoms with Crippen LogP contribution in [-0.4, -0.2) is 46.1 Å². The molecule has 9 nitrogen and oxygen atoms in total. The molecule has 0 radical (unpaired) electrons. The third-order valence-corrected chi connectivity index (χ3v) is 7.52. The predicted molar refractivity (Wildman–Crippen MR) is 131 cm³/mol. The van der Waals surface area contributed by atoms with E-state index in [1.54, 1.807) is 36.8 Å². The minimum absolute atomic E-state index is 0.211. The number of rotatable bonds is 4. The standard InChI is InChI=1S/C23H19ClFN7O2S/c1-35(34)17-11-26-20-18(17)22(28-12-27-20)30-8-3-6-16(30)21-29-31-9-7-15(24)19(31)23(33)32(21)14-5-2-4-13(25)10-14/h2,4-5,7,9-12,16H,3,6,8H2,1H3,(H,26,27,28). The first-order valence-electron chi connectivity index (χ1n) is 10.9. The number of H-pyrrole nitrogens is 1. The molecule has 1 saturated heterocycles. The molecule has 2 unspecified atom stereocenters. The van der Waals surface area contributed by atoms with Crippen molar-refractivity contribution in [2.24, 2.45) is 0 Å². The van der Waals surface area contributed by atoms with Gasteiger partial charge in [0.15, 0.2) is 5.82 Å². The Hall–Kier alpha value is -3.57. The van der Waals surface area contributed by atoms with E-state index >= 15 is 0 Å². The first-order valence-corrected chi connectivity index (χ1v) is 12.9. The monoisotopic (exact) mass is 511 g/mol. The summed E-state index contributed by atoms with van der Waals surface area (Å²) in [6, 6.07) is 7.08. The third-order valence-electron chi connectivity index (χ3n) is 6.27. The van der Waals surface area contributed by atoms with E-state index < -0.39 is 22.2 Å². The average Bonchev–Trinajstić information content (AvgIpc) is 3.57. The van der Waals surface area contributed by atoms with E-state index in [1.165, 1.54) is 27.5 Å². The lowest BCUT2D eigenvalue weighted by Gasteiger charge is -2.27. The van der Waals surface area contributed by atoms with Gasteiger partial charge in [-0.3, -0.25) is 13.6 Å². The van der Waals surface area contributed by atoms with Crippen molar-refractivity contribution in [3.05, 3.63) is 76.1 Å². The summed E-state index contributed by atoms with van der Waals surface area (Å²) in [7, 11) is -1.26. The lowest BCUT2D eigenvalue weighted by Crippen LogP contribution is -2.33. The van der Waals surface area contributed by atoms with E-state index in [4.69, 9.17) is 16.7 Å². The molecule has 2 atom stereocenters. The van der Waals surface area contributed by atoms with Crippen molar-refractivity contribution in [3.63, 3.8) is 0 Å². The number of fused-ring (bicyclic) bond motifs is 2. The van der Waals surface area contributed by atoms with Crippen LogP contribution in [0.3, 0.4) is 0 Å². The molecular weight excluding hydrogens is 493 g/mol. The summed E-state index contributed by atoms with van der Waals surface area (Å²) >= 11 is 6.30. The molecule has 12 heteroatoms. The van der Waals surface area contributed by atoms with Crippen LogP contribution >= 0.6 is 11.6 Å². The second-order valence-corrected chi connectivity index (χ2v) is 10.1. The highest BCUT2D eigenvalue weighted by atomic mass is 35.5. The Morgan fingerprint density at radius 3 is 2.91 bits per heavy atom. The van der Waals surface area contributed by atoms with E-state index in [0.717, 1.165) is 6.42 Å². The topological polar surface area (TPSA) is 101 Å². The van der Waals surface area contributed by atoms with Gasteiger partial charge in [0.25, 0.3) is 5.56 Å². The number of hydrogen-bond acceptors (Lipinski definition) is 6. The first kappa shape index (κ1) is 21.9. The smallest absolute Gasteiger partial charge is 0.284 e. The highest BCUT2D eigenvalue weighted by molar-refractivity contribution is 7.84. The normalized spacial score (nSPS) is 17.0. The number of aromatic nitrogens is 6. The Balaban J connectivity index is 1.61. The van der Waals surface area contributed by atoms with Gasteiger partial charge >= 0.3 is 0 Å². The van der Waals surface area contributed by atoms with Crippen molar-refractivity contribution in [3.8, 4) is 5.69 Å². The molecule has 0 aliphatic carbocycles. The maximum atomic E-state index is 14.2. The van der Waals surface area contributed by atoms with Crippen LogP contribution in [0.2, 0.25) is 5.02 Å². The minimum atomic E-state index is -1.26. The van der Waals surface area contributed by atoms with Crippen LogP contribution in [0.25, 0.3) is 22.2 Å². The van der Waals surface area contributed by atoms with Crippen LogP contribution in [0.4, 0.5) is 10.2 Å². The zero-order valence-corrected chi connectivity index (χ0v) is 20.1. The molecule has 0 bridgehead atoms. The lowest BCUT2D eigenvalue weighted by atomic mass is 10.2. The molecular formula is C23H19ClFN7O2S. The average molecular weight is 512 g/mol. The van der Waals surface area contributed by atoms with Crippen molar-refractivity contribution < 1.29 is 8.60 Å². The fourth-order valence-corrected chi connectivity index (χ4v) is 5.70. The Kier molecular flexibility index (Phi) is 5.19. The summed E-state index contributed by atoms with van der Waals surface area (Å²) in [5.74, 6) is 0.568. The van der Waals surface area contributed by atoms with Crippen molar-refractivity contribution in [1.82, 2.24) is 29.1 Å². The van der Waals surface area contributed by atoms with E-state index in [1.807, 2.05) is 4.90 Å². The molecule has 1 N–H and O–H groups in total. The van der Waals surface area contributed by atoms with E-state index in [9.17, 15) is 13.4 Å². The fraction of sp³-hybridized carbons (Fsp3) is 0.217. The van der Waals surface area contributed by atoms with Crippen molar-refractivity contribution in [2.75, 3.05) is 17.7 Å². The van der Waals surface area contributed by atoms with Crippen LogP contribution in [0.15, 0.2) is 58.7 Å². The maximum absolute atomic E-state index is 14.2. The highest BCUT2D eigenvalue weighted by Gasteiger charge is 2.34. The highest BCUT2D eigenvalue weighted by Crippen LogP contribution is 2.39. The molecule has 35 heavy (non-hydrogen) atoms. The number of aromatic amines is 1. The second kappa shape index (κ2) is 8.28. The number of benzene rings is 1. The zero-order chi connectivity index (χ0) is 24.3. The Morgan fingerprint density at radius 2 is 2.11 bits per heavy atom. The van der Waals surface area contributed by atoms with Gasteiger partial charge in [0, 0.05) is 25.2 Å². The Morgan fingerprint density at radius 1 is 1.26 bits per heavy atom. The molecule has 1 aliphatic heterocycles. The Labute approximate surface area is 205 Å².